The van der Waals surface area contributed by atoms with E-state index in [0.29, 0.717) is 22.3 Å². The summed E-state index contributed by atoms with van der Waals surface area (Å²) in [7, 11) is 0. The monoisotopic (exact) mass is 366 g/mol. The summed E-state index contributed by atoms with van der Waals surface area (Å²) in [6.07, 6.45) is 0. The van der Waals surface area contributed by atoms with Gasteiger partial charge < -0.3 is 4.74 Å². The van der Waals surface area contributed by atoms with Gasteiger partial charge in [-0.3, -0.25) is 4.79 Å². The molecule has 0 amide bonds. The van der Waals surface area contributed by atoms with E-state index < -0.39 is 0 Å². The average Bonchev–Trinajstić information content (AvgIpc) is 2.27. The lowest BCUT2D eigenvalue weighted by atomic mass is 10.2. The summed E-state index contributed by atoms with van der Waals surface area (Å²) in [5, 5.41) is 0. The Balaban J connectivity index is 2.47. The summed E-state index contributed by atoms with van der Waals surface area (Å²) in [6, 6.07) is 7.49. The Kier molecular flexibility index (Phi) is 6.30. The van der Waals surface area contributed by atoms with Crippen LogP contribution in [0, 0.1) is 3.57 Å². The van der Waals surface area contributed by atoms with E-state index in [1.165, 1.54) is 11.8 Å². The zero-order valence-electron chi connectivity index (χ0n) is 8.73. The van der Waals surface area contributed by atoms with Crippen molar-refractivity contribution in [3.05, 3.63) is 33.4 Å². The number of carbonyl (C=O) groups excluding carboxylic acids is 1. The van der Waals surface area contributed by atoms with E-state index in [2.05, 4.69) is 22.6 Å². The molecule has 0 heterocycles. The summed E-state index contributed by atoms with van der Waals surface area (Å²) in [5.74, 6) is 0.405. The van der Waals surface area contributed by atoms with Crippen LogP contribution in [-0.2, 0) is 4.74 Å². The molecule has 0 saturated carbocycles. The van der Waals surface area contributed by atoms with Crippen LogP contribution in [0.1, 0.15) is 17.3 Å². The van der Waals surface area contributed by atoms with Gasteiger partial charge in [0.2, 0.25) is 4.38 Å². The van der Waals surface area contributed by atoms with Crippen molar-refractivity contribution < 1.29 is 9.53 Å². The maximum Gasteiger partial charge on any atom is 0.220 e. The molecule has 0 saturated heterocycles. The Morgan fingerprint density at radius 3 is 2.62 bits per heavy atom. The summed E-state index contributed by atoms with van der Waals surface area (Å²) in [5.41, 5.74) is 0.715. The van der Waals surface area contributed by atoms with Crippen molar-refractivity contribution >= 4 is 56.7 Å². The molecular formula is C11H11IO2S2. The molecule has 0 aromatic heterocycles. The molecule has 5 heteroatoms. The van der Waals surface area contributed by atoms with Crippen molar-refractivity contribution in [1.82, 2.24) is 0 Å². The zero-order valence-corrected chi connectivity index (χ0v) is 12.5. The van der Waals surface area contributed by atoms with Crippen molar-refractivity contribution in [1.29, 1.82) is 0 Å². The SMILES string of the molecule is CCOC(=S)SCC(=O)c1ccc(I)cc1. The quantitative estimate of drug-likeness (QED) is 0.463. The fourth-order valence-electron chi connectivity index (χ4n) is 1.00. The fourth-order valence-corrected chi connectivity index (χ4v) is 2.27. The van der Waals surface area contributed by atoms with Gasteiger partial charge in [-0.05, 0) is 53.9 Å². The van der Waals surface area contributed by atoms with E-state index in [-0.39, 0.29) is 5.78 Å². The van der Waals surface area contributed by atoms with Crippen LogP contribution in [0.4, 0.5) is 0 Å². The Morgan fingerprint density at radius 2 is 2.06 bits per heavy atom. The lowest BCUT2D eigenvalue weighted by Crippen LogP contribution is -2.06. The lowest BCUT2D eigenvalue weighted by molar-refractivity contribution is 0.102. The smallest absolute Gasteiger partial charge is 0.220 e. The zero-order chi connectivity index (χ0) is 12.0. The standard InChI is InChI=1S/C11H11IO2S2/c1-2-14-11(15)16-7-10(13)8-3-5-9(12)6-4-8/h3-6H,2,7H2,1H3. The molecule has 0 bridgehead atoms. The normalized spacial score (nSPS) is 9.88. The number of ether oxygens (including phenoxy) is 1. The molecule has 86 valence electrons. The molecule has 0 spiro atoms. The Hall–Kier alpha value is -0.140. The number of thiocarbonyl (C=S) groups is 1. The van der Waals surface area contributed by atoms with Gasteiger partial charge in [0.1, 0.15) is 0 Å². The van der Waals surface area contributed by atoms with E-state index >= 15 is 0 Å². The van der Waals surface area contributed by atoms with Crippen molar-refractivity contribution in [3.8, 4) is 0 Å². The van der Waals surface area contributed by atoms with E-state index in [0.717, 1.165) is 3.57 Å². The third-order valence-electron chi connectivity index (χ3n) is 1.75. The maximum atomic E-state index is 11.7. The second-order valence-electron chi connectivity index (χ2n) is 2.90. The molecule has 2 nitrogen and oxygen atoms in total. The molecule has 16 heavy (non-hydrogen) atoms. The minimum absolute atomic E-state index is 0.0726. The summed E-state index contributed by atoms with van der Waals surface area (Å²) in [6.45, 7) is 2.41. The summed E-state index contributed by atoms with van der Waals surface area (Å²) in [4.78, 5) is 11.7. The van der Waals surface area contributed by atoms with Gasteiger partial charge in [0, 0.05) is 9.13 Å². The number of ketones is 1. The van der Waals surface area contributed by atoms with Gasteiger partial charge in [-0.25, -0.2) is 0 Å². The molecule has 0 aliphatic carbocycles. The van der Waals surface area contributed by atoms with Crippen LogP contribution in [0.3, 0.4) is 0 Å². The molecule has 0 aliphatic rings. The Labute approximate surface area is 118 Å². The number of halogens is 1. The van der Waals surface area contributed by atoms with Crippen LogP contribution in [-0.4, -0.2) is 22.5 Å². The lowest BCUT2D eigenvalue weighted by Gasteiger charge is -2.03. The molecule has 0 atom stereocenters. The number of Topliss-reactive ketones (excluding diaryl/α,β-unsaturated/α-hetero) is 1. The van der Waals surface area contributed by atoms with E-state index in [9.17, 15) is 4.79 Å². The molecule has 0 fully saturated rings. The Bertz CT molecular complexity index is 376. The highest BCUT2D eigenvalue weighted by molar-refractivity contribution is 14.1. The van der Waals surface area contributed by atoms with Crippen molar-refractivity contribution in [3.63, 3.8) is 0 Å². The van der Waals surface area contributed by atoms with Gasteiger partial charge in [0.15, 0.2) is 5.78 Å². The van der Waals surface area contributed by atoms with Crippen molar-refractivity contribution in [2.45, 2.75) is 6.92 Å². The van der Waals surface area contributed by atoms with Gasteiger partial charge in [0.05, 0.1) is 12.4 Å². The third kappa shape index (κ3) is 4.80. The third-order valence-corrected chi connectivity index (χ3v) is 3.70. The first-order valence-corrected chi connectivity index (χ1v) is 7.19. The molecule has 1 aromatic rings. The number of rotatable bonds is 4. The largest absolute Gasteiger partial charge is 0.479 e. The highest BCUT2D eigenvalue weighted by Gasteiger charge is 2.07. The van der Waals surface area contributed by atoms with Crippen LogP contribution in [0.5, 0.6) is 0 Å². The molecule has 0 aliphatic heterocycles. The first kappa shape index (κ1) is 13.9. The van der Waals surface area contributed by atoms with E-state index in [4.69, 9.17) is 17.0 Å². The first-order valence-electron chi connectivity index (χ1n) is 4.71. The summed E-state index contributed by atoms with van der Waals surface area (Å²) >= 11 is 8.40. The Morgan fingerprint density at radius 1 is 1.44 bits per heavy atom. The molecule has 1 aromatic carbocycles. The first-order chi connectivity index (χ1) is 7.63. The van der Waals surface area contributed by atoms with Crippen molar-refractivity contribution in [2.75, 3.05) is 12.4 Å². The number of thioether (sulfide) groups is 1. The number of hydrogen-bond acceptors (Lipinski definition) is 4. The molecule has 1 rings (SSSR count). The number of carbonyl (C=O) groups is 1. The number of hydrogen-bond donors (Lipinski definition) is 0. The van der Waals surface area contributed by atoms with E-state index in [1.54, 1.807) is 0 Å². The molecule has 0 radical (unpaired) electrons. The fraction of sp³-hybridized carbons (Fsp3) is 0.273. The van der Waals surface area contributed by atoms with Crippen LogP contribution in [0.25, 0.3) is 0 Å². The van der Waals surface area contributed by atoms with Crippen molar-refractivity contribution in [2.24, 2.45) is 0 Å². The number of benzene rings is 1. The van der Waals surface area contributed by atoms with Crippen LogP contribution in [0.15, 0.2) is 24.3 Å². The second kappa shape index (κ2) is 7.24. The van der Waals surface area contributed by atoms with E-state index in [1.807, 2.05) is 31.2 Å². The van der Waals surface area contributed by atoms with Gasteiger partial charge in [-0.2, -0.15) is 0 Å². The highest BCUT2D eigenvalue weighted by Crippen LogP contribution is 2.12. The molecule has 0 N–H and O–H groups in total. The van der Waals surface area contributed by atoms with Crippen LogP contribution in [0.2, 0.25) is 0 Å². The predicted octanol–water partition coefficient (Wildman–Crippen LogP) is 3.53. The second-order valence-corrected chi connectivity index (χ2v) is 5.72. The van der Waals surface area contributed by atoms with Gasteiger partial charge in [0.25, 0.3) is 0 Å². The average molecular weight is 366 g/mol. The van der Waals surface area contributed by atoms with Crippen LogP contribution >= 0.6 is 46.6 Å². The maximum absolute atomic E-state index is 11.7. The van der Waals surface area contributed by atoms with Gasteiger partial charge in [-0.1, -0.05) is 23.9 Å². The topological polar surface area (TPSA) is 26.3 Å². The van der Waals surface area contributed by atoms with Gasteiger partial charge >= 0.3 is 0 Å². The molecule has 0 unspecified atom stereocenters. The van der Waals surface area contributed by atoms with Gasteiger partial charge in [-0.15, -0.1) is 0 Å². The minimum atomic E-state index is 0.0726. The minimum Gasteiger partial charge on any atom is -0.479 e. The van der Waals surface area contributed by atoms with Crippen LogP contribution < -0.4 is 0 Å². The molecular weight excluding hydrogens is 355 g/mol. The summed E-state index contributed by atoms with van der Waals surface area (Å²) < 4.78 is 6.64. The highest BCUT2D eigenvalue weighted by atomic mass is 127. The predicted molar refractivity (Wildman–Crippen MR) is 80.2 cm³/mol.